The summed E-state index contributed by atoms with van der Waals surface area (Å²) in [6.07, 6.45) is 1.39. The minimum absolute atomic E-state index is 0.105. The van der Waals surface area contributed by atoms with E-state index in [1.165, 1.54) is 18.2 Å². The molecule has 0 aliphatic heterocycles. The SMILES string of the molecule is COC(=O)C1(Oc2c(F)c(F)nc(Oc3cc(C#N)ccc3OCc3ccccc3)c2F)CCCC1. The highest BCUT2D eigenvalue weighted by atomic mass is 19.2. The molecule has 1 saturated carbocycles. The molecule has 0 radical (unpaired) electrons. The topological polar surface area (TPSA) is 90.7 Å². The van der Waals surface area contributed by atoms with Crippen LogP contribution in [-0.4, -0.2) is 23.7 Å². The third kappa shape index (κ3) is 5.05. The van der Waals surface area contributed by atoms with Crippen molar-refractivity contribution in [2.75, 3.05) is 7.11 Å². The van der Waals surface area contributed by atoms with Gasteiger partial charge in [0.2, 0.25) is 23.0 Å². The lowest BCUT2D eigenvalue weighted by molar-refractivity contribution is -0.159. The minimum atomic E-state index is -1.71. The van der Waals surface area contributed by atoms with Crippen LogP contribution < -0.4 is 14.2 Å². The first-order valence-electron chi connectivity index (χ1n) is 11.1. The lowest BCUT2D eigenvalue weighted by Crippen LogP contribution is -2.43. The molecule has 0 atom stereocenters. The van der Waals surface area contributed by atoms with Gasteiger partial charge in [-0.2, -0.15) is 23.4 Å². The molecule has 10 heteroatoms. The maximum atomic E-state index is 15.4. The Labute approximate surface area is 205 Å². The summed E-state index contributed by atoms with van der Waals surface area (Å²) >= 11 is 0. The third-order valence-electron chi connectivity index (χ3n) is 5.75. The maximum Gasteiger partial charge on any atom is 0.350 e. The number of carbonyl (C=O) groups is 1. The van der Waals surface area contributed by atoms with Gasteiger partial charge in [-0.05, 0) is 43.4 Å². The number of aromatic nitrogens is 1. The van der Waals surface area contributed by atoms with Gasteiger partial charge in [0.05, 0.1) is 18.7 Å². The highest BCUT2D eigenvalue weighted by molar-refractivity contribution is 5.80. The van der Waals surface area contributed by atoms with E-state index in [1.807, 2.05) is 36.4 Å². The normalized spacial score (nSPS) is 14.1. The zero-order valence-electron chi connectivity index (χ0n) is 19.2. The number of rotatable bonds is 8. The predicted octanol–water partition coefficient (Wildman–Crippen LogP) is 5.61. The Hall–Kier alpha value is -4.26. The van der Waals surface area contributed by atoms with Crippen molar-refractivity contribution >= 4 is 5.97 Å². The van der Waals surface area contributed by atoms with Gasteiger partial charge in [-0.25, -0.2) is 4.79 Å². The van der Waals surface area contributed by atoms with E-state index in [0.29, 0.717) is 12.8 Å². The summed E-state index contributed by atoms with van der Waals surface area (Å²) in [5, 5.41) is 9.26. The summed E-state index contributed by atoms with van der Waals surface area (Å²) in [5.74, 6) is -7.83. The minimum Gasteiger partial charge on any atom is -0.485 e. The Morgan fingerprint density at radius 1 is 1.06 bits per heavy atom. The first kappa shape index (κ1) is 24.9. The van der Waals surface area contributed by atoms with Gasteiger partial charge in [0.25, 0.3) is 11.8 Å². The number of hydrogen-bond acceptors (Lipinski definition) is 7. The second kappa shape index (κ2) is 10.6. The fourth-order valence-corrected chi connectivity index (χ4v) is 3.92. The zero-order chi connectivity index (χ0) is 25.7. The molecule has 0 saturated heterocycles. The van der Waals surface area contributed by atoms with E-state index >= 15 is 4.39 Å². The van der Waals surface area contributed by atoms with Crippen LogP contribution in [0.2, 0.25) is 0 Å². The average molecular weight is 498 g/mol. The number of halogens is 3. The van der Waals surface area contributed by atoms with Gasteiger partial charge in [0, 0.05) is 6.07 Å². The van der Waals surface area contributed by atoms with E-state index < -0.39 is 40.8 Å². The molecule has 0 N–H and O–H groups in total. The fraction of sp³-hybridized carbons (Fsp3) is 0.269. The molecule has 0 spiro atoms. The van der Waals surface area contributed by atoms with Crippen LogP contribution in [0, 0.1) is 28.9 Å². The molecule has 186 valence electrons. The summed E-state index contributed by atoms with van der Waals surface area (Å²) in [5.41, 5.74) is -0.691. The molecule has 7 nitrogen and oxygen atoms in total. The molecular weight excluding hydrogens is 477 g/mol. The van der Waals surface area contributed by atoms with Gasteiger partial charge >= 0.3 is 5.97 Å². The first-order chi connectivity index (χ1) is 17.4. The number of nitriles is 1. The van der Waals surface area contributed by atoms with Crippen LogP contribution in [0.4, 0.5) is 13.2 Å². The highest BCUT2D eigenvalue weighted by Gasteiger charge is 2.46. The van der Waals surface area contributed by atoms with Crippen molar-refractivity contribution in [2.24, 2.45) is 0 Å². The summed E-state index contributed by atoms with van der Waals surface area (Å²) < 4.78 is 65.8. The van der Waals surface area contributed by atoms with E-state index in [2.05, 4.69) is 4.98 Å². The van der Waals surface area contributed by atoms with Crippen LogP contribution in [0.3, 0.4) is 0 Å². The van der Waals surface area contributed by atoms with Crippen LogP contribution in [0.1, 0.15) is 36.8 Å². The number of pyridine rings is 1. The van der Waals surface area contributed by atoms with E-state index in [0.717, 1.165) is 12.7 Å². The number of methoxy groups -OCH3 is 1. The predicted molar refractivity (Wildman–Crippen MR) is 120 cm³/mol. The Kier molecular flexibility index (Phi) is 7.29. The van der Waals surface area contributed by atoms with E-state index in [-0.39, 0.29) is 36.5 Å². The smallest absolute Gasteiger partial charge is 0.350 e. The monoisotopic (exact) mass is 498 g/mol. The van der Waals surface area contributed by atoms with Gasteiger partial charge in [-0.3, -0.25) is 0 Å². The van der Waals surface area contributed by atoms with Crippen molar-refractivity contribution in [1.82, 2.24) is 4.98 Å². The second-order valence-electron chi connectivity index (χ2n) is 8.11. The van der Waals surface area contributed by atoms with Crippen LogP contribution in [0.5, 0.6) is 23.1 Å². The Balaban J connectivity index is 1.68. The number of carbonyl (C=O) groups excluding carboxylic acids is 1. The first-order valence-corrected chi connectivity index (χ1v) is 11.1. The van der Waals surface area contributed by atoms with Crippen molar-refractivity contribution in [2.45, 2.75) is 37.9 Å². The molecule has 0 unspecified atom stereocenters. The van der Waals surface area contributed by atoms with Gasteiger partial charge in [-0.15, -0.1) is 0 Å². The molecule has 1 aliphatic carbocycles. The third-order valence-corrected chi connectivity index (χ3v) is 5.75. The highest BCUT2D eigenvalue weighted by Crippen LogP contribution is 2.41. The molecule has 1 aromatic heterocycles. The molecule has 0 amide bonds. The second-order valence-corrected chi connectivity index (χ2v) is 8.11. The number of ether oxygens (including phenoxy) is 4. The van der Waals surface area contributed by atoms with Crippen LogP contribution >= 0.6 is 0 Å². The number of nitrogens with zero attached hydrogens (tertiary/aromatic N) is 2. The summed E-state index contributed by atoms with van der Waals surface area (Å²) in [6.45, 7) is 0.118. The largest absolute Gasteiger partial charge is 0.485 e. The van der Waals surface area contributed by atoms with Crippen molar-refractivity contribution < 1.29 is 36.9 Å². The van der Waals surface area contributed by atoms with Crippen molar-refractivity contribution in [1.29, 1.82) is 5.26 Å². The summed E-state index contributed by atoms with van der Waals surface area (Å²) in [6, 6.07) is 15.2. The number of hydrogen-bond donors (Lipinski definition) is 0. The van der Waals surface area contributed by atoms with E-state index in [9.17, 15) is 18.8 Å². The number of benzene rings is 2. The van der Waals surface area contributed by atoms with E-state index in [1.54, 1.807) is 0 Å². The van der Waals surface area contributed by atoms with Crippen molar-refractivity contribution in [3.8, 4) is 29.2 Å². The summed E-state index contributed by atoms with van der Waals surface area (Å²) in [4.78, 5) is 15.6. The quantitative estimate of drug-likeness (QED) is 0.295. The summed E-state index contributed by atoms with van der Waals surface area (Å²) in [7, 11) is 1.12. The molecule has 36 heavy (non-hydrogen) atoms. The number of esters is 1. The average Bonchev–Trinajstić information content (AvgIpc) is 3.39. The Morgan fingerprint density at radius 2 is 1.78 bits per heavy atom. The zero-order valence-corrected chi connectivity index (χ0v) is 19.2. The van der Waals surface area contributed by atoms with Gasteiger partial charge in [0.1, 0.15) is 6.61 Å². The molecule has 2 aromatic carbocycles. The Bertz CT molecular complexity index is 1310. The van der Waals surface area contributed by atoms with Crippen LogP contribution in [0.15, 0.2) is 48.5 Å². The molecule has 3 aromatic rings. The molecule has 1 aliphatic rings. The fourth-order valence-electron chi connectivity index (χ4n) is 3.92. The maximum absolute atomic E-state index is 15.4. The van der Waals surface area contributed by atoms with Gasteiger partial charge in [0.15, 0.2) is 11.5 Å². The molecule has 4 rings (SSSR count). The lowest BCUT2D eigenvalue weighted by atomic mass is 10.0. The van der Waals surface area contributed by atoms with Gasteiger partial charge in [-0.1, -0.05) is 30.3 Å². The van der Waals surface area contributed by atoms with Crippen LogP contribution in [-0.2, 0) is 16.1 Å². The lowest BCUT2D eigenvalue weighted by Gasteiger charge is -2.27. The standard InChI is InChI=1S/C26H21F3N2O5/c1-33-25(32)26(11-5-6-12-26)36-22-20(27)23(29)31-24(21(22)28)35-19-13-17(14-30)9-10-18(19)34-15-16-7-3-2-4-8-16/h2-4,7-10,13H,5-6,11-12,15H2,1H3. The molecule has 0 bridgehead atoms. The molecular formula is C26H21F3N2O5. The van der Waals surface area contributed by atoms with Crippen molar-refractivity contribution in [3.05, 3.63) is 77.2 Å². The Morgan fingerprint density at radius 3 is 2.44 bits per heavy atom. The van der Waals surface area contributed by atoms with Crippen molar-refractivity contribution in [3.63, 3.8) is 0 Å². The molecule has 1 fully saturated rings. The van der Waals surface area contributed by atoms with Crippen LogP contribution in [0.25, 0.3) is 0 Å². The van der Waals surface area contributed by atoms with E-state index in [4.69, 9.17) is 18.9 Å². The van der Waals surface area contributed by atoms with Gasteiger partial charge < -0.3 is 18.9 Å². The molecule has 1 heterocycles.